The molecule has 0 saturated carbocycles. The molecule has 1 unspecified atom stereocenters. The number of nitrogens with one attached hydrogen (secondary N) is 1. The summed E-state index contributed by atoms with van der Waals surface area (Å²) in [7, 11) is 2.01. The van der Waals surface area contributed by atoms with Crippen molar-refractivity contribution in [2.24, 2.45) is 0 Å². The smallest absolute Gasteiger partial charge is 0.0623 e. The lowest BCUT2D eigenvalue weighted by Gasteiger charge is -2.18. The molecule has 1 N–H and O–H groups in total. The Balaban J connectivity index is 2.40. The summed E-state index contributed by atoms with van der Waals surface area (Å²) in [4.78, 5) is 0. The first-order valence-electron chi connectivity index (χ1n) is 6.47. The topological polar surface area (TPSA) is 21.3 Å². The summed E-state index contributed by atoms with van der Waals surface area (Å²) in [6.45, 7) is 7.12. The average Bonchev–Trinajstić information content (AvgIpc) is 2.31. The van der Waals surface area contributed by atoms with Crippen LogP contribution in [0.15, 0.2) is 24.3 Å². The van der Waals surface area contributed by atoms with Crippen molar-refractivity contribution in [2.75, 3.05) is 13.7 Å². The van der Waals surface area contributed by atoms with Crippen LogP contribution < -0.4 is 5.32 Å². The average molecular weight is 235 g/mol. The molecule has 2 nitrogen and oxygen atoms in total. The number of likely N-dealkylation sites (N-methyl/N-ethyl adjacent to an activating group) is 1. The molecule has 17 heavy (non-hydrogen) atoms. The van der Waals surface area contributed by atoms with E-state index in [4.69, 9.17) is 4.74 Å². The molecular formula is C15H25NO. The monoisotopic (exact) mass is 235 g/mol. The van der Waals surface area contributed by atoms with Gasteiger partial charge < -0.3 is 10.1 Å². The van der Waals surface area contributed by atoms with Crippen LogP contribution in [0.3, 0.4) is 0 Å². The maximum Gasteiger partial charge on any atom is 0.0623 e. The zero-order valence-corrected chi connectivity index (χ0v) is 11.5. The van der Waals surface area contributed by atoms with E-state index >= 15 is 0 Å². The van der Waals surface area contributed by atoms with E-state index in [1.165, 1.54) is 11.1 Å². The third kappa shape index (κ3) is 5.33. The van der Waals surface area contributed by atoms with E-state index in [-0.39, 0.29) is 0 Å². The number of ether oxygens (including phenoxy) is 1. The first-order chi connectivity index (χ1) is 8.13. The highest BCUT2D eigenvalue weighted by Gasteiger charge is 2.08. The van der Waals surface area contributed by atoms with Gasteiger partial charge in [-0.3, -0.25) is 0 Å². The molecule has 96 valence electrons. The minimum Gasteiger partial charge on any atom is -0.377 e. The molecule has 0 bridgehead atoms. The minimum absolute atomic E-state index is 0.310. The summed E-state index contributed by atoms with van der Waals surface area (Å²) in [6.07, 6.45) is 2.54. The maximum absolute atomic E-state index is 5.65. The van der Waals surface area contributed by atoms with Gasteiger partial charge in [-0.15, -0.1) is 0 Å². The van der Waals surface area contributed by atoms with Crippen LogP contribution in [0.5, 0.6) is 0 Å². The molecule has 0 saturated heterocycles. The van der Waals surface area contributed by atoms with Crippen molar-refractivity contribution in [3.05, 3.63) is 35.4 Å². The molecule has 0 fully saturated rings. The lowest BCUT2D eigenvalue weighted by atomic mass is 10.0. The van der Waals surface area contributed by atoms with E-state index in [2.05, 4.69) is 50.4 Å². The number of rotatable bonds is 7. The van der Waals surface area contributed by atoms with Gasteiger partial charge in [0.05, 0.1) is 12.7 Å². The van der Waals surface area contributed by atoms with E-state index in [1.807, 2.05) is 7.05 Å². The summed E-state index contributed by atoms with van der Waals surface area (Å²) in [5, 5.41) is 3.32. The Bertz CT molecular complexity index is 322. The van der Waals surface area contributed by atoms with E-state index in [0.29, 0.717) is 12.1 Å². The van der Waals surface area contributed by atoms with Crippen LogP contribution >= 0.6 is 0 Å². The van der Waals surface area contributed by atoms with Gasteiger partial charge in [0.2, 0.25) is 0 Å². The Labute approximate surface area is 105 Å². The minimum atomic E-state index is 0.310. The predicted octanol–water partition coefficient (Wildman–Crippen LogP) is 2.94. The fourth-order valence-electron chi connectivity index (χ4n) is 1.84. The number of aryl methyl sites for hydroxylation is 2. The van der Waals surface area contributed by atoms with Crippen molar-refractivity contribution in [1.29, 1.82) is 0 Å². The van der Waals surface area contributed by atoms with Gasteiger partial charge in [0.25, 0.3) is 0 Å². The predicted molar refractivity (Wildman–Crippen MR) is 73.4 cm³/mol. The van der Waals surface area contributed by atoms with Crippen LogP contribution in [0.4, 0.5) is 0 Å². The van der Waals surface area contributed by atoms with Gasteiger partial charge >= 0.3 is 0 Å². The Kier molecular flexibility index (Phi) is 6.23. The fourth-order valence-corrected chi connectivity index (χ4v) is 1.84. The number of hydrogen-bond donors (Lipinski definition) is 1. The normalized spacial score (nSPS) is 13.0. The molecule has 0 aromatic heterocycles. The third-order valence-electron chi connectivity index (χ3n) is 3.06. The van der Waals surface area contributed by atoms with Crippen molar-refractivity contribution in [3.63, 3.8) is 0 Å². The second-order valence-electron chi connectivity index (χ2n) is 4.83. The van der Waals surface area contributed by atoms with Gasteiger partial charge in [0.15, 0.2) is 0 Å². The number of benzene rings is 1. The third-order valence-corrected chi connectivity index (χ3v) is 3.06. The van der Waals surface area contributed by atoms with E-state index < -0.39 is 0 Å². The highest BCUT2D eigenvalue weighted by atomic mass is 16.5. The molecule has 0 aliphatic carbocycles. The van der Waals surface area contributed by atoms with Crippen molar-refractivity contribution < 1.29 is 4.74 Å². The van der Waals surface area contributed by atoms with Crippen molar-refractivity contribution in [3.8, 4) is 0 Å². The summed E-state index contributed by atoms with van der Waals surface area (Å²) in [5.74, 6) is 0. The first kappa shape index (κ1) is 14.2. The molecule has 1 atom stereocenters. The van der Waals surface area contributed by atoms with Crippen LogP contribution in [0.2, 0.25) is 0 Å². The zero-order chi connectivity index (χ0) is 12.7. The molecule has 0 spiro atoms. The second kappa shape index (κ2) is 7.46. The zero-order valence-electron chi connectivity index (χ0n) is 11.5. The van der Waals surface area contributed by atoms with Gasteiger partial charge in [0.1, 0.15) is 0 Å². The van der Waals surface area contributed by atoms with Gasteiger partial charge in [-0.2, -0.15) is 0 Å². The van der Waals surface area contributed by atoms with Crippen LogP contribution in [-0.2, 0) is 11.2 Å². The summed E-state index contributed by atoms with van der Waals surface area (Å²) >= 11 is 0. The largest absolute Gasteiger partial charge is 0.377 e. The number of hydrogen-bond acceptors (Lipinski definition) is 2. The second-order valence-corrected chi connectivity index (χ2v) is 4.83. The van der Waals surface area contributed by atoms with E-state index in [0.717, 1.165) is 19.4 Å². The molecule has 1 aromatic rings. The SMILES string of the molecule is CNC(CCc1ccccc1C)COC(C)C. The Morgan fingerprint density at radius 3 is 2.53 bits per heavy atom. The van der Waals surface area contributed by atoms with Crippen LogP contribution in [0.25, 0.3) is 0 Å². The van der Waals surface area contributed by atoms with E-state index in [9.17, 15) is 0 Å². The highest BCUT2D eigenvalue weighted by Crippen LogP contribution is 2.11. The highest BCUT2D eigenvalue weighted by molar-refractivity contribution is 5.25. The lowest BCUT2D eigenvalue weighted by molar-refractivity contribution is 0.0611. The molecule has 0 amide bonds. The molecular weight excluding hydrogens is 210 g/mol. The van der Waals surface area contributed by atoms with Crippen molar-refractivity contribution >= 4 is 0 Å². The van der Waals surface area contributed by atoms with Gasteiger partial charge in [-0.05, 0) is 51.8 Å². The first-order valence-corrected chi connectivity index (χ1v) is 6.47. The van der Waals surface area contributed by atoms with Crippen molar-refractivity contribution in [2.45, 2.75) is 45.8 Å². The molecule has 1 rings (SSSR count). The maximum atomic E-state index is 5.65. The van der Waals surface area contributed by atoms with Crippen molar-refractivity contribution in [1.82, 2.24) is 5.32 Å². The van der Waals surface area contributed by atoms with Gasteiger partial charge in [-0.25, -0.2) is 0 Å². The summed E-state index contributed by atoms with van der Waals surface area (Å²) in [5.41, 5.74) is 2.82. The molecule has 0 heterocycles. The standard InChI is InChI=1S/C15H25NO/c1-12(2)17-11-15(16-4)10-9-14-8-6-5-7-13(14)3/h5-8,12,15-16H,9-11H2,1-4H3. The van der Waals surface area contributed by atoms with Gasteiger partial charge in [-0.1, -0.05) is 24.3 Å². The Morgan fingerprint density at radius 2 is 1.94 bits per heavy atom. The van der Waals surface area contributed by atoms with E-state index in [1.54, 1.807) is 0 Å². The molecule has 0 radical (unpaired) electrons. The van der Waals surface area contributed by atoms with Crippen LogP contribution in [0.1, 0.15) is 31.4 Å². The molecule has 2 heteroatoms. The van der Waals surface area contributed by atoms with Crippen LogP contribution in [0, 0.1) is 6.92 Å². The molecule has 0 aliphatic rings. The molecule has 0 aliphatic heterocycles. The summed E-state index contributed by atoms with van der Waals surface area (Å²) < 4.78 is 5.65. The quantitative estimate of drug-likeness (QED) is 0.784. The van der Waals surface area contributed by atoms with Gasteiger partial charge in [0, 0.05) is 6.04 Å². The fraction of sp³-hybridized carbons (Fsp3) is 0.600. The Hall–Kier alpha value is -0.860. The lowest BCUT2D eigenvalue weighted by Crippen LogP contribution is -2.32. The van der Waals surface area contributed by atoms with Crippen LogP contribution in [-0.4, -0.2) is 25.8 Å². The summed E-state index contributed by atoms with van der Waals surface area (Å²) in [6, 6.07) is 9.04. The molecule has 1 aromatic carbocycles. The Morgan fingerprint density at radius 1 is 1.24 bits per heavy atom.